The van der Waals surface area contributed by atoms with Crippen molar-refractivity contribution in [2.24, 2.45) is 5.10 Å². The largest absolute Gasteiger partial charge is 0.271 e. The Hall–Kier alpha value is -4.06. The number of benzene rings is 4. The van der Waals surface area contributed by atoms with Gasteiger partial charge in [-0.25, -0.2) is 10.1 Å². The number of hydrazone groups is 1. The van der Waals surface area contributed by atoms with Gasteiger partial charge in [0.2, 0.25) is 0 Å². The van der Waals surface area contributed by atoms with Gasteiger partial charge in [0.15, 0.2) is 0 Å². The number of rotatable bonds is 4. The Morgan fingerprint density at radius 3 is 2.34 bits per heavy atom. The molecule has 0 unspecified atom stereocenters. The van der Waals surface area contributed by atoms with E-state index in [0.29, 0.717) is 0 Å². The second-order valence-electron chi connectivity index (χ2n) is 6.76. The third-order valence-electron chi connectivity index (χ3n) is 4.91. The lowest BCUT2D eigenvalue weighted by Gasteiger charge is -2.08. The first-order valence-electron chi connectivity index (χ1n) is 9.30. The zero-order chi connectivity index (χ0) is 19.6. The summed E-state index contributed by atoms with van der Waals surface area (Å²) in [6.45, 7) is 0.0497. The van der Waals surface area contributed by atoms with Crippen LogP contribution in [0.1, 0.15) is 5.56 Å². The maximum Gasteiger partial charge on any atom is 0.261 e. The normalized spacial score (nSPS) is 11.6. The molecule has 140 valence electrons. The average Bonchev–Trinajstić information content (AvgIpc) is 3.16. The minimum atomic E-state index is -0.263. The van der Waals surface area contributed by atoms with Gasteiger partial charge in [-0.05, 0) is 39.7 Å². The molecule has 5 rings (SSSR count). The first-order chi connectivity index (χ1) is 14.3. The summed E-state index contributed by atoms with van der Waals surface area (Å²) in [5.74, 6) is -0.263. The molecule has 0 aliphatic carbocycles. The third kappa shape index (κ3) is 3.21. The third-order valence-corrected chi connectivity index (χ3v) is 4.91. The Morgan fingerprint density at radius 2 is 1.59 bits per heavy atom. The number of para-hydroxylation sites is 1. The molecule has 0 aliphatic heterocycles. The van der Waals surface area contributed by atoms with Gasteiger partial charge >= 0.3 is 0 Å². The van der Waals surface area contributed by atoms with Gasteiger partial charge in [-0.3, -0.25) is 4.79 Å². The molecule has 1 amide bonds. The van der Waals surface area contributed by atoms with Crippen molar-refractivity contribution in [1.29, 1.82) is 0 Å². The van der Waals surface area contributed by atoms with E-state index >= 15 is 0 Å². The summed E-state index contributed by atoms with van der Waals surface area (Å²) in [5, 5.41) is 16.8. The van der Waals surface area contributed by atoms with E-state index < -0.39 is 0 Å². The molecular formula is C23H17N5O. The highest BCUT2D eigenvalue weighted by molar-refractivity contribution is 6.13. The molecule has 29 heavy (non-hydrogen) atoms. The lowest BCUT2D eigenvalue weighted by Crippen LogP contribution is -2.23. The summed E-state index contributed by atoms with van der Waals surface area (Å²) >= 11 is 0. The molecule has 0 saturated carbocycles. The van der Waals surface area contributed by atoms with Crippen LogP contribution in [0.3, 0.4) is 0 Å². The van der Waals surface area contributed by atoms with Crippen molar-refractivity contribution in [3.8, 4) is 0 Å². The molecule has 4 aromatic carbocycles. The van der Waals surface area contributed by atoms with Crippen LogP contribution in [0.15, 0.2) is 84.0 Å². The number of carbonyl (C=O) groups is 1. The molecule has 0 aliphatic rings. The highest BCUT2D eigenvalue weighted by Gasteiger charge is 2.08. The molecule has 0 saturated heterocycles. The fourth-order valence-electron chi connectivity index (χ4n) is 3.56. The Labute approximate surface area is 166 Å². The molecule has 0 radical (unpaired) electrons. The second-order valence-corrected chi connectivity index (χ2v) is 6.76. The van der Waals surface area contributed by atoms with Crippen LogP contribution < -0.4 is 5.43 Å². The molecule has 6 heteroatoms. The molecule has 6 nitrogen and oxygen atoms in total. The fourth-order valence-corrected chi connectivity index (χ4v) is 3.56. The predicted octanol–water partition coefficient (Wildman–Crippen LogP) is 3.89. The zero-order valence-electron chi connectivity index (χ0n) is 15.5. The van der Waals surface area contributed by atoms with Gasteiger partial charge in [0.05, 0.1) is 11.7 Å². The van der Waals surface area contributed by atoms with E-state index in [9.17, 15) is 4.79 Å². The number of carbonyl (C=O) groups excluding carboxylic acids is 1. The summed E-state index contributed by atoms with van der Waals surface area (Å²) < 4.78 is 1.56. The molecule has 0 spiro atoms. The molecule has 0 bridgehead atoms. The van der Waals surface area contributed by atoms with Gasteiger partial charge in [0.25, 0.3) is 5.91 Å². The molecular weight excluding hydrogens is 362 g/mol. The van der Waals surface area contributed by atoms with Crippen LogP contribution in [0.25, 0.3) is 32.6 Å². The van der Waals surface area contributed by atoms with Gasteiger partial charge in [-0.1, -0.05) is 65.9 Å². The number of aromatic nitrogens is 3. The average molecular weight is 379 g/mol. The highest BCUT2D eigenvalue weighted by atomic mass is 16.2. The Kier molecular flexibility index (Phi) is 4.22. The first kappa shape index (κ1) is 17.1. The van der Waals surface area contributed by atoms with Crippen molar-refractivity contribution in [3.05, 3.63) is 84.4 Å². The summed E-state index contributed by atoms with van der Waals surface area (Å²) in [6.07, 6.45) is 1.71. The molecule has 0 atom stereocenters. The van der Waals surface area contributed by atoms with Crippen molar-refractivity contribution < 1.29 is 4.79 Å². The summed E-state index contributed by atoms with van der Waals surface area (Å²) in [6, 6.07) is 26.0. The highest BCUT2D eigenvalue weighted by Crippen LogP contribution is 2.27. The molecule has 5 aromatic rings. The van der Waals surface area contributed by atoms with E-state index in [1.807, 2.05) is 48.5 Å². The lowest BCUT2D eigenvalue weighted by molar-refractivity contribution is -0.121. The van der Waals surface area contributed by atoms with Crippen molar-refractivity contribution in [2.75, 3.05) is 0 Å². The van der Waals surface area contributed by atoms with Gasteiger partial charge in [0, 0.05) is 5.56 Å². The van der Waals surface area contributed by atoms with Crippen molar-refractivity contribution in [1.82, 2.24) is 20.4 Å². The lowest BCUT2D eigenvalue weighted by atomic mass is 9.97. The van der Waals surface area contributed by atoms with Crippen molar-refractivity contribution >= 4 is 44.7 Å². The maximum absolute atomic E-state index is 12.4. The monoisotopic (exact) mass is 379 g/mol. The second kappa shape index (κ2) is 7.16. The van der Waals surface area contributed by atoms with Gasteiger partial charge in [-0.2, -0.15) is 5.10 Å². The summed E-state index contributed by atoms with van der Waals surface area (Å²) in [7, 11) is 0. The van der Waals surface area contributed by atoms with Crippen molar-refractivity contribution in [2.45, 2.75) is 6.54 Å². The van der Waals surface area contributed by atoms with Crippen LogP contribution in [-0.2, 0) is 11.3 Å². The quantitative estimate of drug-likeness (QED) is 0.293. The number of hydrogen-bond donors (Lipinski definition) is 1. The van der Waals surface area contributed by atoms with Crippen LogP contribution in [0.2, 0.25) is 0 Å². The van der Waals surface area contributed by atoms with Gasteiger partial charge < -0.3 is 0 Å². The van der Waals surface area contributed by atoms with E-state index in [2.05, 4.69) is 51.2 Å². The topological polar surface area (TPSA) is 72.2 Å². The maximum atomic E-state index is 12.4. The van der Waals surface area contributed by atoms with Gasteiger partial charge in [-0.15, -0.1) is 5.10 Å². The van der Waals surface area contributed by atoms with Crippen molar-refractivity contribution in [3.63, 3.8) is 0 Å². The van der Waals surface area contributed by atoms with E-state index in [0.717, 1.165) is 38.1 Å². The van der Waals surface area contributed by atoms with E-state index in [1.165, 1.54) is 0 Å². The molecule has 1 N–H and O–H groups in total. The van der Waals surface area contributed by atoms with E-state index in [-0.39, 0.29) is 12.5 Å². The standard InChI is InChI=1S/C23H17N5O/c29-23(15-28-22-12-6-5-11-21(22)25-27-28)26-24-14-20-18-9-3-1-7-16(18)13-17-8-2-4-10-19(17)20/h1-14H,15H2,(H,26,29). The van der Waals surface area contributed by atoms with Gasteiger partial charge in [0.1, 0.15) is 12.1 Å². The van der Waals surface area contributed by atoms with E-state index in [4.69, 9.17) is 0 Å². The Bertz CT molecular complexity index is 1330. The minimum absolute atomic E-state index is 0.0497. The number of nitrogens with one attached hydrogen (secondary N) is 1. The summed E-state index contributed by atoms with van der Waals surface area (Å²) in [5.41, 5.74) is 5.15. The Balaban J connectivity index is 1.42. The minimum Gasteiger partial charge on any atom is -0.271 e. The van der Waals surface area contributed by atoms with E-state index in [1.54, 1.807) is 10.9 Å². The first-order valence-corrected chi connectivity index (χ1v) is 9.30. The van der Waals surface area contributed by atoms with Crippen LogP contribution in [0.5, 0.6) is 0 Å². The molecule has 1 aromatic heterocycles. The van der Waals surface area contributed by atoms with Crippen LogP contribution in [0.4, 0.5) is 0 Å². The Morgan fingerprint density at radius 1 is 0.931 bits per heavy atom. The number of fused-ring (bicyclic) bond motifs is 3. The number of hydrogen-bond acceptors (Lipinski definition) is 4. The molecule has 1 heterocycles. The fraction of sp³-hybridized carbons (Fsp3) is 0.0435. The van der Waals surface area contributed by atoms with Crippen LogP contribution in [-0.4, -0.2) is 27.1 Å². The number of amides is 1. The molecule has 0 fully saturated rings. The smallest absolute Gasteiger partial charge is 0.261 e. The van der Waals surface area contributed by atoms with Crippen LogP contribution in [0, 0.1) is 0 Å². The predicted molar refractivity (Wildman–Crippen MR) is 115 cm³/mol. The SMILES string of the molecule is O=C(Cn1nnc2ccccc21)NN=Cc1c2ccccc2cc2ccccc12. The summed E-state index contributed by atoms with van der Waals surface area (Å²) in [4.78, 5) is 12.4. The number of nitrogens with zero attached hydrogens (tertiary/aromatic N) is 4. The zero-order valence-corrected chi connectivity index (χ0v) is 15.5. The van der Waals surface area contributed by atoms with Crippen LogP contribution >= 0.6 is 0 Å².